The van der Waals surface area contributed by atoms with Crippen LogP contribution < -0.4 is 14.8 Å². The van der Waals surface area contributed by atoms with Crippen LogP contribution in [0.25, 0.3) is 0 Å². The molecule has 1 aliphatic heterocycles. The van der Waals surface area contributed by atoms with Crippen LogP contribution in [0.4, 0.5) is 0 Å². The van der Waals surface area contributed by atoms with Crippen LogP contribution in [0, 0.1) is 0 Å². The maximum Gasteiger partial charge on any atom is 0.169 e. The van der Waals surface area contributed by atoms with Gasteiger partial charge in [0.2, 0.25) is 0 Å². The van der Waals surface area contributed by atoms with E-state index >= 15 is 0 Å². The van der Waals surface area contributed by atoms with E-state index in [0.29, 0.717) is 11.7 Å². The minimum atomic E-state index is -0.474. The maximum absolute atomic E-state index is 9.88. The second-order valence-electron chi connectivity index (χ2n) is 6.51. The van der Waals surface area contributed by atoms with E-state index in [-0.39, 0.29) is 5.75 Å². The number of hydrogen-bond acceptors (Lipinski definition) is 6. The normalized spacial score (nSPS) is 13.9. The molecule has 0 amide bonds. The van der Waals surface area contributed by atoms with Crippen molar-refractivity contribution in [1.82, 2.24) is 5.32 Å². The van der Waals surface area contributed by atoms with Crippen molar-refractivity contribution in [3.8, 4) is 17.2 Å². The zero-order valence-electron chi connectivity index (χ0n) is 16.2. The summed E-state index contributed by atoms with van der Waals surface area (Å²) in [6.45, 7) is 0. The molecule has 0 aliphatic carbocycles. The molecule has 0 radical (unpaired) electrons. The number of phenolic OH excluding ortho intramolecular Hbond substituents is 1. The van der Waals surface area contributed by atoms with Gasteiger partial charge in [-0.1, -0.05) is 12.1 Å². The third-order valence-corrected chi connectivity index (χ3v) is 4.63. The van der Waals surface area contributed by atoms with Gasteiger partial charge in [-0.3, -0.25) is 0 Å². The number of hydrogen-bond donors (Lipinski definition) is 2. The topological polar surface area (TPSA) is 75.4 Å². The average Bonchev–Trinajstić information content (AvgIpc) is 2.79. The highest BCUT2D eigenvalue weighted by Crippen LogP contribution is 2.27. The number of ether oxygens (including phenoxy) is 2. The van der Waals surface area contributed by atoms with Crippen molar-refractivity contribution in [1.29, 1.82) is 0 Å². The molecular formula is C23H21N3O3. The zero-order chi connectivity index (χ0) is 20.2. The first kappa shape index (κ1) is 18.6. The second kappa shape index (κ2) is 8.06. The fraction of sp³-hybridized carbons (Fsp3) is 0.130. The third kappa shape index (κ3) is 4.06. The van der Waals surface area contributed by atoms with Crippen LogP contribution in [0.1, 0.15) is 22.9 Å². The Labute approximate surface area is 169 Å². The lowest BCUT2D eigenvalue weighted by Crippen LogP contribution is -2.36. The molecule has 2 N–H and O–H groups in total. The Hall–Kier alpha value is -3.80. The van der Waals surface area contributed by atoms with Crippen molar-refractivity contribution in [2.45, 2.75) is 6.17 Å². The van der Waals surface area contributed by atoms with Gasteiger partial charge in [0.05, 0.1) is 14.2 Å². The number of amidine groups is 2. The lowest BCUT2D eigenvalue weighted by molar-refractivity contribution is 0.414. The van der Waals surface area contributed by atoms with E-state index in [0.717, 1.165) is 28.2 Å². The Morgan fingerprint density at radius 1 is 0.759 bits per heavy atom. The predicted molar refractivity (Wildman–Crippen MR) is 113 cm³/mol. The highest BCUT2D eigenvalue weighted by atomic mass is 16.5. The Kier molecular flexibility index (Phi) is 5.16. The van der Waals surface area contributed by atoms with Gasteiger partial charge in [-0.15, -0.1) is 0 Å². The maximum atomic E-state index is 9.88. The van der Waals surface area contributed by atoms with Crippen molar-refractivity contribution in [3.63, 3.8) is 0 Å². The van der Waals surface area contributed by atoms with E-state index < -0.39 is 6.17 Å². The summed E-state index contributed by atoms with van der Waals surface area (Å²) in [5.41, 5.74) is 2.64. The monoisotopic (exact) mass is 387 g/mol. The Morgan fingerprint density at radius 2 is 1.28 bits per heavy atom. The minimum Gasteiger partial charge on any atom is -0.508 e. The number of methoxy groups -OCH3 is 2. The summed E-state index contributed by atoms with van der Waals surface area (Å²) in [6, 6.07) is 22.3. The van der Waals surface area contributed by atoms with Crippen molar-refractivity contribution in [3.05, 3.63) is 89.5 Å². The van der Waals surface area contributed by atoms with Gasteiger partial charge in [-0.05, 0) is 60.7 Å². The largest absolute Gasteiger partial charge is 0.508 e. The molecule has 0 fully saturated rings. The van der Waals surface area contributed by atoms with E-state index in [9.17, 15) is 5.11 Å². The van der Waals surface area contributed by atoms with E-state index in [1.165, 1.54) is 0 Å². The molecule has 0 atom stereocenters. The first-order valence-corrected chi connectivity index (χ1v) is 9.16. The van der Waals surface area contributed by atoms with Gasteiger partial charge in [0.25, 0.3) is 0 Å². The van der Waals surface area contributed by atoms with Gasteiger partial charge in [0.15, 0.2) is 6.17 Å². The predicted octanol–water partition coefficient (Wildman–Crippen LogP) is 3.90. The minimum absolute atomic E-state index is 0.184. The Morgan fingerprint density at radius 3 is 1.72 bits per heavy atom. The fourth-order valence-corrected chi connectivity index (χ4v) is 3.08. The van der Waals surface area contributed by atoms with Crippen LogP contribution in [0.15, 0.2) is 82.8 Å². The molecule has 6 nitrogen and oxygen atoms in total. The van der Waals surface area contributed by atoms with Gasteiger partial charge in [-0.2, -0.15) is 0 Å². The summed E-state index contributed by atoms with van der Waals surface area (Å²) in [6.07, 6.45) is -0.474. The Balaban J connectivity index is 1.74. The van der Waals surface area contributed by atoms with Crippen molar-refractivity contribution in [2.24, 2.45) is 9.98 Å². The SMILES string of the molecule is COc1ccc(C2=NC(c3cccc(O)c3)N=C(c3ccc(OC)cc3)N2)cc1. The van der Waals surface area contributed by atoms with Crippen LogP contribution >= 0.6 is 0 Å². The lowest BCUT2D eigenvalue weighted by Gasteiger charge is -2.22. The van der Waals surface area contributed by atoms with Gasteiger partial charge in [-0.25, -0.2) is 9.98 Å². The van der Waals surface area contributed by atoms with E-state index in [1.54, 1.807) is 32.4 Å². The van der Waals surface area contributed by atoms with Gasteiger partial charge >= 0.3 is 0 Å². The number of benzene rings is 3. The third-order valence-electron chi connectivity index (χ3n) is 4.63. The molecular weight excluding hydrogens is 366 g/mol. The van der Waals surface area contributed by atoms with Crippen LogP contribution in [-0.4, -0.2) is 31.0 Å². The van der Waals surface area contributed by atoms with Crippen LogP contribution in [0.5, 0.6) is 17.2 Å². The summed E-state index contributed by atoms with van der Waals surface area (Å²) in [7, 11) is 3.27. The number of phenols is 1. The van der Waals surface area contributed by atoms with Crippen molar-refractivity contribution in [2.75, 3.05) is 14.2 Å². The molecule has 3 aromatic rings. The quantitative estimate of drug-likeness (QED) is 0.696. The molecule has 29 heavy (non-hydrogen) atoms. The highest BCUT2D eigenvalue weighted by molar-refractivity contribution is 6.15. The molecule has 146 valence electrons. The second-order valence-corrected chi connectivity index (χ2v) is 6.51. The van der Waals surface area contributed by atoms with Crippen molar-refractivity contribution >= 4 is 11.7 Å². The molecule has 4 rings (SSSR count). The summed E-state index contributed by atoms with van der Waals surface area (Å²) in [5, 5.41) is 13.2. The zero-order valence-corrected chi connectivity index (χ0v) is 16.2. The molecule has 6 heteroatoms. The molecule has 0 saturated heterocycles. The summed E-state index contributed by atoms with van der Waals surface area (Å²) >= 11 is 0. The summed E-state index contributed by atoms with van der Waals surface area (Å²) < 4.78 is 10.5. The van der Waals surface area contributed by atoms with Crippen LogP contribution in [0.3, 0.4) is 0 Å². The van der Waals surface area contributed by atoms with Crippen LogP contribution in [0.2, 0.25) is 0 Å². The highest BCUT2D eigenvalue weighted by Gasteiger charge is 2.21. The number of nitrogens with zero attached hydrogens (tertiary/aromatic N) is 2. The molecule has 0 unspecified atom stereocenters. The fourth-order valence-electron chi connectivity index (χ4n) is 3.08. The molecule has 0 aromatic heterocycles. The van der Waals surface area contributed by atoms with Gasteiger partial charge < -0.3 is 19.9 Å². The van der Waals surface area contributed by atoms with E-state index in [1.807, 2.05) is 54.6 Å². The summed E-state index contributed by atoms with van der Waals surface area (Å²) in [5.74, 6) is 3.13. The molecule has 1 heterocycles. The van der Waals surface area contributed by atoms with E-state index in [4.69, 9.17) is 19.5 Å². The van der Waals surface area contributed by atoms with Gasteiger partial charge in [0, 0.05) is 16.7 Å². The number of aromatic hydroxyl groups is 1. The average molecular weight is 387 g/mol. The first-order valence-electron chi connectivity index (χ1n) is 9.16. The Bertz CT molecular complexity index is 994. The smallest absolute Gasteiger partial charge is 0.169 e. The number of aliphatic imine (C=N–C) groups is 2. The van der Waals surface area contributed by atoms with E-state index in [2.05, 4.69) is 5.32 Å². The lowest BCUT2D eigenvalue weighted by atomic mass is 10.1. The summed E-state index contributed by atoms with van der Waals surface area (Å²) in [4.78, 5) is 9.54. The molecule has 3 aromatic carbocycles. The number of nitrogens with one attached hydrogen (secondary N) is 1. The first-order chi connectivity index (χ1) is 14.2. The molecule has 1 aliphatic rings. The molecule has 0 spiro atoms. The molecule has 0 saturated carbocycles. The number of rotatable bonds is 5. The van der Waals surface area contributed by atoms with Crippen molar-refractivity contribution < 1.29 is 14.6 Å². The van der Waals surface area contributed by atoms with Gasteiger partial charge in [0.1, 0.15) is 28.9 Å². The standard InChI is InChI=1S/C23H21N3O3/c1-28-19-10-6-15(7-11-19)21-24-22(16-8-12-20(29-2)13-9-16)26-23(25-21)17-4-3-5-18(27)14-17/h3-14,23,27H,1-2H3,(H,24,25,26). The van der Waals surface area contributed by atoms with Crippen LogP contribution in [-0.2, 0) is 0 Å². The molecule has 0 bridgehead atoms.